The number of nitrogens with zero attached hydrogens (tertiary/aromatic N) is 2. The second-order valence-corrected chi connectivity index (χ2v) is 4.04. The molecule has 1 aliphatic carbocycles. The first kappa shape index (κ1) is 8.77. The highest BCUT2D eigenvalue weighted by Gasteiger charge is 2.31. The van der Waals surface area contributed by atoms with Crippen molar-refractivity contribution in [2.75, 3.05) is 20.2 Å². The molecule has 2 aliphatic rings. The monoisotopic (exact) mass is 202 g/mol. The van der Waals surface area contributed by atoms with Crippen molar-refractivity contribution < 1.29 is 4.74 Å². The summed E-state index contributed by atoms with van der Waals surface area (Å²) in [6.07, 6.45) is 3.12. The van der Waals surface area contributed by atoms with Gasteiger partial charge in [0.15, 0.2) is 0 Å². The third kappa shape index (κ3) is 1.30. The Morgan fingerprint density at radius 2 is 2.40 bits per heavy atom. The van der Waals surface area contributed by atoms with Gasteiger partial charge in [0.2, 0.25) is 0 Å². The predicted octanol–water partition coefficient (Wildman–Crippen LogP) is 1.64. The van der Waals surface area contributed by atoms with Crippen LogP contribution in [-0.2, 0) is 6.42 Å². The summed E-state index contributed by atoms with van der Waals surface area (Å²) in [5.41, 5.74) is 2.85. The largest absolute Gasteiger partial charge is 0.497 e. The summed E-state index contributed by atoms with van der Waals surface area (Å²) in [5.74, 6) is 0.953. The van der Waals surface area contributed by atoms with Crippen molar-refractivity contribution >= 4 is 6.34 Å². The van der Waals surface area contributed by atoms with Crippen LogP contribution >= 0.6 is 0 Å². The Morgan fingerprint density at radius 3 is 3.13 bits per heavy atom. The predicted molar refractivity (Wildman–Crippen MR) is 59.5 cm³/mol. The first-order valence-electron chi connectivity index (χ1n) is 5.31. The average Bonchev–Trinajstić information content (AvgIpc) is 2.73. The minimum absolute atomic E-state index is 0.529. The number of hydrogen-bond acceptors (Lipinski definition) is 3. The lowest BCUT2D eigenvalue weighted by molar-refractivity contribution is 0.314. The van der Waals surface area contributed by atoms with Gasteiger partial charge in [0.05, 0.1) is 26.0 Å². The van der Waals surface area contributed by atoms with E-state index < -0.39 is 0 Å². The molecule has 1 aromatic carbocycles. The van der Waals surface area contributed by atoms with E-state index in [1.54, 1.807) is 7.11 Å². The van der Waals surface area contributed by atoms with Crippen LogP contribution in [0.4, 0.5) is 0 Å². The molecule has 3 rings (SSSR count). The van der Waals surface area contributed by atoms with Gasteiger partial charge in [0.1, 0.15) is 5.75 Å². The lowest BCUT2D eigenvalue weighted by Crippen LogP contribution is -2.34. The SMILES string of the molecule is COc1ccc2c(c1)C(N1C=NCC1)C2. The standard InChI is InChI=1S/C12H14N2O/c1-15-10-3-2-9-6-12(11(9)7-10)14-5-4-13-8-14/h2-3,7-8,12H,4-6H2,1H3. The van der Waals surface area contributed by atoms with Crippen LogP contribution in [-0.4, -0.2) is 31.4 Å². The molecule has 1 aromatic rings. The lowest BCUT2D eigenvalue weighted by atomic mass is 9.82. The van der Waals surface area contributed by atoms with Crippen molar-refractivity contribution in [3.63, 3.8) is 0 Å². The number of rotatable bonds is 2. The van der Waals surface area contributed by atoms with E-state index in [0.717, 1.165) is 25.3 Å². The van der Waals surface area contributed by atoms with Crippen LogP contribution in [0.3, 0.4) is 0 Å². The summed E-state index contributed by atoms with van der Waals surface area (Å²) in [6, 6.07) is 6.88. The minimum Gasteiger partial charge on any atom is -0.497 e. The van der Waals surface area contributed by atoms with Gasteiger partial charge in [-0.1, -0.05) is 6.07 Å². The fourth-order valence-electron chi connectivity index (χ4n) is 2.31. The molecule has 0 saturated carbocycles. The van der Waals surface area contributed by atoms with E-state index in [4.69, 9.17) is 4.74 Å². The molecule has 0 spiro atoms. The number of methoxy groups -OCH3 is 1. The Balaban J connectivity index is 1.87. The zero-order valence-corrected chi connectivity index (χ0v) is 8.81. The molecule has 3 heteroatoms. The highest BCUT2D eigenvalue weighted by Crippen LogP contribution is 2.39. The normalized spacial score (nSPS) is 22.5. The summed E-state index contributed by atoms with van der Waals surface area (Å²) < 4.78 is 5.24. The van der Waals surface area contributed by atoms with Crippen LogP contribution in [0.5, 0.6) is 5.75 Å². The quantitative estimate of drug-likeness (QED) is 0.728. The summed E-state index contributed by atoms with van der Waals surface area (Å²) in [5, 5.41) is 0. The number of fused-ring (bicyclic) bond motifs is 1. The molecule has 1 heterocycles. The van der Waals surface area contributed by atoms with Gasteiger partial charge in [-0.3, -0.25) is 4.99 Å². The third-order valence-electron chi connectivity index (χ3n) is 3.24. The zero-order chi connectivity index (χ0) is 10.3. The molecule has 1 unspecified atom stereocenters. The van der Waals surface area contributed by atoms with Gasteiger partial charge in [-0.05, 0) is 29.7 Å². The molecular weight excluding hydrogens is 188 g/mol. The van der Waals surface area contributed by atoms with E-state index in [2.05, 4.69) is 22.0 Å². The molecular formula is C12H14N2O. The number of benzene rings is 1. The number of ether oxygens (including phenoxy) is 1. The summed E-state index contributed by atoms with van der Waals surface area (Å²) in [6.45, 7) is 2.00. The topological polar surface area (TPSA) is 24.8 Å². The van der Waals surface area contributed by atoms with Gasteiger partial charge >= 0.3 is 0 Å². The average molecular weight is 202 g/mol. The maximum atomic E-state index is 5.24. The van der Waals surface area contributed by atoms with E-state index >= 15 is 0 Å². The molecule has 0 fully saturated rings. The fourth-order valence-corrected chi connectivity index (χ4v) is 2.31. The van der Waals surface area contributed by atoms with Crippen molar-refractivity contribution in [2.45, 2.75) is 12.5 Å². The van der Waals surface area contributed by atoms with Crippen LogP contribution in [0, 0.1) is 0 Å². The van der Waals surface area contributed by atoms with Crippen molar-refractivity contribution in [2.24, 2.45) is 4.99 Å². The Labute approximate surface area is 89.4 Å². The van der Waals surface area contributed by atoms with Gasteiger partial charge in [-0.25, -0.2) is 0 Å². The Hall–Kier alpha value is -1.51. The number of hydrogen-bond donors (Lipinski definition) is 0. The van der Waals surface area contributed by atoms with Crippen molar-refractivity contribution in [3.05, 3.63) is 29.3 Å². The van der Waals surface area contributed by atoms with Crippen LogP contribution in [0.15, 0.2) is 23.2 Å². The highest BCUT2D eigenvalue weighted by atomic mass is 16.5. The molecule has 78 valence electrons. The summed E-state index contributed by atoms with van der Waals surface area (Å²) >= 11 is 0. The third-order valence-corrected chi connectivity index (χ3v) is 3.24. The summed E-state index contributed by atoms with van der Waals surface area (Å²) in [7, 11) is 1.71. The van der Waals surface area contributed by atoms with Crippen molar-refractivity contribution in [1.29, 1.82) is 0 Å². The van der Waals surface area contributed by atoms with E-state index in [1.165, 1.54) is 11.1 Å². The maximum absolute atomic E-state index is 5.24. The minimum atomic E-state index is 0.529. The number of aliphatic imine (C=N–C) groups is 1. The second kappa shape index (κ2) is 3.26. The lowest BCUT2D eigenvalue weighted by Gasteiger charge is -2.37. The molecule has 0 radical (unpaired) electrons. The van der Waals surface area contributed by atoms with Crippen molar-refractivity contribution in [3.8, 4) is 5.75 Å². The molecule has 1 aliphatic heterocycles. The van der Waals surface area contributed by atoms with Gasteiger partial charge in [-0.2, -0.15) is 0 Å². The van der Waals surface area contributed by atoms with E-state index in [1.807, 2.05) is 12.4 Å². The zero-order valence-electron chi connectivity index (χ0n) is 8.81. The Kier molecular flexibility index (Phi) is 1.91. The first-order chi connectivity index (χ1) is 7.38. The second-order valence-electron chi connectivity index (χ2n) is 4.04. The molecule has 0 aromatic heterocycles. The first-order valence-corrected chi connectivity index (χ1v) is 5.31. The molecule has 0 saturated heterocycles. The van der Waals surface area contributed by atoms with Gasteiger partial charge < -0.3 is 9.64 Å². The Bertz CT molecular complexity index is 414. The smallest absolute Gasteiger partial charge is 0.119 e. The van der Waals surface area contributed by atoms with Gasteiger partial charge in [-0.15, -0.1) is 0 Å². The molecule has 1 atom stereocenters. The van der Waals surface area contributed by atoms with Crippen molar-refractivity contribution in [1.82, 2.24) is 4.90 Å². The fraction of sp³-hybridized carbons (Fsp3) is 0.417. The molecule has 0 N–H and O–H groups in total. The Morgan fingerprint density at radius 1 is 1.47 bits per heavy atom. The molecule has 0 bridgehead atoms. The van der Waals surface area contributed by atoms with E-state index in [9.17, 15) is 0 Å². The maximum Gasteiger partial charge on any atom is 0.119 e. The van der Waals surface area contributed by atoms with Crippen LogP contribution in [0.1, 0.15) is 17.2 Å². The molecule has 3 nitrogen and oxygen atoms in total. The van der Waals surface area contributed by atoms with Gasteiger partial charge in [0.25, 0.3) is 0 Å². The van der Waals surface area contributed by atoms with Crippen LogP contribution in [0.25, 0.3) is 0 Å². The molecule has 15 heavy (non-hydrogen) atoms. The van der Waals surface area contributed by atoms with E-state index in [0.29, 0.717) is 6.04 Å². The van der Waals surface area contributed by atoms with E-state index in [-0.39, 0.29) is 0 Å². The van der Waals surface area contributed by atoms with Crippen LogP contribution < -0.4 is 4.74 Å². The molecule has 0 amide bonds. The highest BCUT2D eigenvalue weighted by molar-refractivity contribution is 5.60. The summed E-state index contributed by atoms with van der Waals surface area (Å²) in [4.78, 5) is 6.57. The van der Waals surface area contributed by atoms with Gasteiger partial charge in [0, 0.05) is 6.54 Å². The van der Waals surface area contributed by atoms with Crippen LogP contribution in [0.2, 0.25) is 0 Å².